The molecule has 0 radical (unpaired) electrons. The molecule has 0 aromatic heterocycles. The van der Waals surface area contributed by atoms with Crippen LogP contribution in [0.5, 0.6) is 5.75 Å². The second-order valence-corrected chi connectivity index (χ2v) is 5.92. The zero-order valence-electron chi connectivity index (χ0n) is 13.1. The first-order valence-electron chi connectivity index (χ1n) is 7.70. The lowest BCUT2D eigenvalue weighted by Crippen LogP contribution is -2.53. The van der Waals surface area contributed by atoms with Crippen molar-refractivity contribution in [3.63, 3.8) is 0 Å². The Morgan fingerprint density at radius 1 is 1.38 bits per heavy atom. The van der Waals surface area contributed by atoms with E-state index in [9.17, 15) is 4.79 Å². The number of hydrogen-bond donors (Lipinski definition) is 1. The summed E-state index contributed by atoms with van der Waals surface area (Å²) >= 11 is 0. The van der Waals surface area contributed by atoms with E-state index >= 15 is 0 Å². The van der Waals surface area contributed by atoms with E-state index in [1.807, 2.05) is 51.1 Å². The summed E-state index contributed by atoms with van der Waals surface area (Å²) in [6.45, 7) is 6.13. The summed E-state index contributed by atoms with van der Waals surface area (Å²) in [5, 5.41) is 3.41. The molecular weight excluding hydrogens is 266 g/mol. The summed E-state index contributed by atoms with van der Waals surface area (Å²) < 4.78 is 11.1. The largest absolute Gasteiger partial charge is 0.491 e. The van der Waals surface area contributed by atoms with Crippen LogP contribution in [-0.4, -0.2) is 30.3 Å². The topological polar surface area (TPSA) is 47.6 Å². The van der Waals surface area contributed by atoms with Crippen LogP contribution in [0.25, 0.3) is 0 Å². The number of carbonyl (C=O) groups is 1. The van der Waals surface area contributed by atoms with Gasteiger partial charge in [-0.25, -0.2) is 0 Å². The minimum atomic E-state index is -0.689. The van der Waals surface area contributed by atoms with E-state index < -0.39 is 5.54 Å². The first kappa shape index (κ1) is 15.8. The molecule has 4 heteroatoms. The maximum atomic E-state index is 12.3. The van der Waals surface area contributed by atoms with Gasteiger partial charge >= 0.3 is 5.97 Å². The molecular formula is C17H25NO3. The Morgan fingerprint density at radius 3 is 2.62 bits per heavy atom. The van der Waals surface area contributed by atoms with Gasteiger partial charge in [0.2, 0.25) is 0 Å². The van der Waals surface area contributed by atoms with Crippen LogP contribution in [0, 0.1) is 0 Å². The third-order valence-corrected chi connectivity index (χ3v) is 3.60. The second-order valence-electron chi connectivity index (χ2n) is 5.92. The zero-order valence-corrected chi connectivity index (χ0v) is 13.1. The number of ether oxygens (including phenoxy) is 2. The monoisotopic (exact) mass is 291 g/mol. The van der Waals surface area contributed by atoms with Crippen LogP contribution >= 0.6 is 0 Å². The van der Waals surface area contributed by atoms with Gasteiger partial charge in [-0.15, -0.1) is 0 Å². The van der Waals surface area contributed by atoms with Crippen LogP contribution in [0.1, 0.15) is 40.0 Å². The van der Waals surface area contributed by atoms with Crippen molar-refractivity contribution in [2.45, 2.75) is 57.7 Å². The summed E-state index contributed by atoms with van der Waals surface area (Å²) in [7, 11) is 0. The fraction of sp³-hybridized carbons (Fsp3) is 0.588. The highest BCUT2D eigenvalue weighted by molar-refractivity contribution is 5.80. The molecule has 0 spiro atoms. The van der Waals surface area contributed by atoms with Crippen molar-refractivity contribution in [1.82, 2.24) is 5.32 Å². The van der Waals surface area contributed by atoms with Crippen LogP contribution in [0.2, 0.25) is 0 Å². The van der Waals surface area contributed by atoms with Crippen molar-refractivity contribution >= 4 is 5.97 Å². The standard InChI is InChI=1S/C17H25NO3/c1-4-20-16(19)17(3,18-14-10-11-14)12-13(2)21-15-8-6-5-7-9-15/h5-9,13-14,18H,4,10-12H2,1-3H3. The Bertz CT molecular complexity index is 458. The second kappa shape index (κ2) is 6.94. The summed E-state index contributed by atoms with van der Waals surface area (Å²) in [5.74, 6) is 0.628. The van der Waals surface area contributed by atoms with Crippen molar-refractivity contribution in [2.75, 3.05) is 6.61 Å². The highest BCUT2D eigenvalue weighted by Gasteiger charge is 2.41. The van der Waals surface area contributed by atoms with Crippen LogP contribution in [0.3, 0.4) is 0 Å². The number of benzene rings is 1. The molecule has 1 saturated carbocycles. The molecule has 1 aliphatic rings. The number of para-hydroxylation sites is 1. The van der Waals surface area contributed by atoms with Gasteiger partial charge < -0.3 is 9.47 Å². The van der Waals surface area contributed by atoms with Crippen molar-refractivity contribution in [3.05, 3.63) is 30.3 Å². The Kier molecular flexibility index (Phi) is 5.23. The molecule has 1 fully saturated rings. The molecule has 116 valence electrons. The lowest BCUT2D eigenvalue weighted by atomic mass is 9.94. The number of rotatable bonds is 8. The zero-order chi connectivity index (χ0) is 15.3. The molecule has 1 aliphatic carbocycles. The maximum absolute atomic E-state index is 12.3. The van der Waals surface area contributed by atoms with Gasteiger partial charge in [-0.2, -0.15) is 0 Å². The molecule has 0 saturated heterocycles. The quantitative estimate of drug-likeness (QED) is 0.748. The number of hydrogen-bond acceptors (Lipinski definition) is 4. The molecule has 0 aliphatic heterocycles. The smallest absolute Gasteiger partial charge is 0.326 e. The molecule has 0 bridgehead atoms. The summed E-state index contributed by atoms with van der Waals surface area (Å²) in [6.07, 6.45) is 2.76. The molecule has 1 aromatic rings. The van der Waals surface area contributed by atoms with Gasteiger partial charge in [-0.05, 0) is 45.7 Å². The van der Waals surface area contributed by atoms with Gasteiger partial charge in [0.05, 0.1) is 12.7 Å². The summed E-state index contributed by atoms with van der Waals surface area (Å²) in [4.78, 5) is 12.3. The molecule has 2 atom stereocenters. The van der Waals surface area contributed by atoms with Gasteiger partial charge in [-0.1, -0.05) is 18.2 Å². The molecule has 1 N–H and O–H groups in total. The van der Waals surface area contributed by atoms with Crippen molar-refractivity contribution in [1.29, 1.82) is 0 Å². The Balaban J connectivity index is 1.98. The highest BCUT2D eigenvalue weighted by atomic mass is 16.5. The lowest BCUT2D eigenvalue weighted by Gasteiger charge is -2.31. The van der Waals surface area contributed by atoms with Crippen LogP contribution in [0.4, 0.5) is 0 Å². The SMILES string of the molecule is CCOC(=O)C(C)(CC(C)Oc1ccccc1)NC1CC1. The van der Waals surface area contributed by atoms with Crippen LogP contribution in [-0.2, 0) is 9.53 Å². The first-order chi connectivity index (χ1) is 10.0. The van der Waals surface area contributed by atoms with Gasteiger partial charge in [0, 0.05) is 12.5 Å². The number of esters is 1. The fourth-order valence-corrected chi connectivity index (χ4v) is 2.52. The molecule has 2 rings (SSSR count). The predicted octanol–water partition coefficient (Wildman–Crippen LogP) is 2.92. The summed E-state index contributed by atoms with van der Waals surface area (Å²) in [6, 6.07) is 10.1. The van der Waals surface area contributed by atoms with Gasteiger partial charge in [0.1, 0.15) is 11.3 Å². The highest BCUT2D eigenvalue weighted by Crippen LogP contribution is 2.27. The van der Waals surface area contributed by atoms with Crippen molar-refractivity contribution in [3.8, 4) is 5.75 Å². The molecule has 0 heterocycles. The van der Waals surface area contributed by atoms with E-state index in [0.29, 0.717) is 19.1 Å². The van der Waals surface area contributed by atoms with E-state index in [1.165, 1.54) is 0 Å². The van der Waals surface area contributed by atoms with Crippen molar-refractivity contribution in [2.24, 2.45) is 0 Å². The van der Waals surface area contributed by atoms with Gasteiger partial charge in [-0.3, -0.25) is 10.1 Å². The number of nitrogens with one attached hydrogen (secondary N) is 1. The molecule has 4 nitrogen and oxygen atoms in total. The van der Waals surface area contributed by atoms with E-state index in [4.69, 9.17) is 9.47 Å². The summed E-state index contributed by atoms with van der Waals surface area (Å²) in [5.41, 5.74) is -0.689. The molecule has 21 heavy (non-hydrogen) atoms. The van der Waals surface area contributed by atoms with E-state index in [2.05, 4.69) is 5.32 Å². The normalized spacial score (nSPS) is 18.6. The molecule has 1 aromatic carbocycles. The van der Waals surface area contributed by atoms with Gasteiger partial charge in [0.25, 0.3) is 0 Å². The third-order valence-electron chi connectivity index (χ3n) is 3.60. The third kappa shape index (κ3) is 4.74. The maximum Gasteiger partial charge on any atom is 0.326 e. The fourth-order valence-electron chi connectivity index (χ4n) is 2.52. The van der Waals surface area contributed by atoms with Crippen molar-refractivity contribution < 1.29 is 14.3 Å². The Morgan fingerprint density at radius 2 is 2.05 bits per heavy atom. The van der Waals surface area contributed by atoms with Crippen LogP contribution in [0.15, 0.2) is 30.3 Å². The Labute approximate surface area is 126 Å². The molecule has 0 amide bonds. The predicted molar refractivity (Wildman–Crippen MR) is 82.3 cm³/mol. The molecule has 2 unspecified atom stereocenters. The first-order valence-corrected chi connectivity index (χ1v) is 7.70. The average molecular weight is 291 g/mol. The van der Waals surface area contributed by atoms with Gasteiger partial charge in [0.15, 0.2) is 0 Å². The minimum absolute atomic E-state index is 0.0759. The Hall–Kier alpha value is -1.55. The van der Waals surface area contributed by atoms with E-state index in [0.717, 1.165) is 18.6 Å². The average Bonchev–Trinajstić information content (AvgIpc) is 3.23. The minimum Gasteiger partial charge on any atom is -0.491 e. The lowest BCUT2D eigenvalue weighted by molar-refractivity contribution is -0.151. The van der Waals surface area contributed by atoms with Crippen LogP contribution < -0.4 is 10.1 Å². The van der Waals surface area contributed by atoms with E-state index in [-0.39, 0.29) is 12.1 Å². The number of carbonyl (C=O) groups excluding carboxylic acids is 1. The van der Waals surface area contributed by atoms with E-state index in [1.54, 1.807) is 0 Å².